The number of piperazine rings is 1. The highest BCUT2D eigenvalue weighted by Gasteiger charge is 2.58. The van der Waals surface area contributed by atoms with E-state index in [4.69, 9.17) is 67.1 Å². The molecule has 5 unspecified atom stereocenters. The molecule has 0 saturated carbocycles. The van der Waals surface area contributed by atoms with E-state index in [-0.39, 0.29) is 74.8 Å². The van der Waals surface area contributed by atoms with Gasteiger partial charge in [0.2, 0.25) is 12.6 Å². The van der Waals surface area contributed by atoms with Gasteiger partial charge >= 0.3 is 35.8 Å². The van der Waals surface area contributed by atoms with Crippen LogP contribution >= 0.6 is 48.0 Å². The van der Waals surface area contributed by atoms with Gasteiger partial charge in [-0.05, 0) is 63.0 Å². The summed E-state index contributed by atoms with van der Waals surface area (Å²) in [6.07, 6.45) is -1.01. The summed E-state index contributed by atoms with van der Waals surface area (Å²) >= 11 is 14.4. The highest BCUT2D eigenvalue weighted by atomic mass is 35.5. The molecular weight excluding hydrogens is 1270 g/mol. The van der Waals surface area contributed by atoms with Crippen molar-refractivity contribution < 1.29 is 106 Å². The van der Waals surface area contributed by atoms with Crippen molar-refractivity contribution in [2.24, 2.45) is 0 Å². The van der Waals surface area contributed by atoms with Crippen molar-refractivity contribution in [3.05, 3.63) is 0 Å². The Kier molecular flexibility index (Phi) is 46.1. The number of hydrogen-bond acceptors (Lipinski definition) is 19. The molecule has 516 valence electrons. The first-order chi connectivity index (χ1) is 42.2. The molecule has 0 aromatic rings. The average molecular weight is 1380 g/mol. The first kappa shape index (κ1) is 82.4. The number of rotatable bonds is 30. The predicted molar refractivity (Wildman–Crippen MR) is 346 cm³/mol. The molecule has 0 aromatic carbocycles. The van der Waals surface area contributed by atoms with Gasteiger partial charge in [0.15, 0.2) is 46.8 Å². The minimum absolute atomic E-state index is 0. The Balaban J connectivity index is 0.0000135. The van der Waals surface area contributed by atoms with Crippen LogP contribution in [0.2, 0.25) is 0 Å². The predicted octanol–water partition coefficient (Wildman–Crippen LogP) is -0.395. The number of thiocarbonyl (C=S) groups is 2. The zero-order chi connectivity index (χ0) is 63.0. The number of thioether (sulfide) groups is 2. The fourth-order valence-electron chi connectivity index (χ4n) is 10.7. The molecule has 10 atom stereocenters. The molecule has 0 radical (unpaired) electrons. The number of hydrogen-bond donors (Lipinski definition) is 6. The molecule has 5 rings (SSSR count). The van der Waals surface area contributed by atoms with Gasteiger partial charge in [0.25, 0.3) is 0 Å². The summed E-state index contributed by atoms with van der Waals surface area (Å²) in [4.78, 5) is 87.9. The third-order valence-electron chi connectivity index (χ3n) is 15.8. The highest BCUT2D eigenvalue weighted by molar-refractivity contribution is 7.99. The molecule has 5 fully saturated rings. The van der Waals surface area contributed by atoms with Crippen molar-refractivity contribution >= 4 is 94.0 Å². The molecule has 0 amide bonds. The molecule has 6 N–H and O–H groups in total. The van der Waals surface area contributed by atoms with Crippen LogP contribution in [0.4, 0.5) is 0 Å². The first-order valence-corrected chi connectivity index (χ1v) is 36.3. The lowest BCUT2D eigenvalue weighted by atomic mass is 9.97. The minimum Gasteiger partial charge on any atom is -1.00 e. The van der Waals surface area contributed by atoms with E-state index < -0.39 is 97.2 Å². The largest absolute Gasteiger partial charge is 1.00 e. The SMILES string of the molecule is CCCCCC(=O)OC1C(OC(=O)CCCCC)[C@H](OC(=O)CCCCC)C2CSCCNC(=S)NCC[NH+]3CC[NH+](CCNC(=S)NCCSCC4O[C@H](O[C@H]1O2)C(OC(=O)CCCCC)[C@@H](OC(=O)CCCCC)[C@@H]4OC(=O)CCCCC)CC3.[Cl-].[Cl-]. The Hall–Kier alpha value is -2.72. The van der Waals surface area contributed by atoms with Crippen LogP contribution in [0.1, 0.15) is 196 Å². The number of nitrogens with one attached hydrogen (secondary N) is 6. The highest BCUT2D eigenvalue weighted by Crippen LogP contribution is 2.37. The van der Waals surface area contributed by atoms with Crippen molar-refractivity contribution in [2.45, 2.75) is 257 Å². The molecule has 5 saturated heterocycles. The van der Waals surface area contributed by atoms with E-state index in [1.807, 2.05) is 41.5 Å². The molecule has 0 aliphatic carbocycles. The maximum absolute atomic E-state index is 14.2. The van der Waals surface area contributed by atoms with Gasteiger partial charge in [-0.25, -0.2) is 0 Å². The Morgan fingerprint density at radius 1 is 0.382 bits per heavy atom. The molecule has 6 bridgehead atoms. The Morgan fingerprint density at radius 3 is 0.921 bits per heavy atom. The van der Waals surface area contributed by atoms with Gasteiger partial charge in [0, 0.05) is 74.6 Å². The van der Waals surface area contributed by atoms with Crippen molar-refractivity contribution in [3.8, 4) is 0 Å². The minimum atomic E-state index is -1.64. The molecule has 89 heavy (non-hydrogen) atoms. The van der Waals surface area contributed by atoms with E-state index in [0.717, 1.165) is 116 Å². The van der Waals surface area contributed by atoms with Gasteiger partial charge in [0.1, 0.15) is 38.4 Å². The molecule has 5 aliphatic rings. The van der Waals surface area contributed by atoms with Crippen LogP contribution in [0.5, 0.6) is 0 Å². The second-order valence-corrected chi connectivity index (χ2v) is 26.3. The summed E-state index contributed by atoms with van der Waals surface area (Å²) in [7, 11) is 0. The molecule has 5 heterocycles. The maximum Gasteiger partial charge on any atom is 0.306 e. The maximum atomic E-state index is 14.2. The fourth-order valence-corrected chi connectivity index (χ4v) is 13.0. The van der Waals surface area contributed by atoms with Gasteiger partial charge in [-0.2, -0.15) is 23.5 Å². The van der Waals surface area contributed by atoms with Gasteiger partial charge in [-0.1, -0.05) is 119 Å². The zero-order valence-electron chi connectivity index (χ0n) is 54.2. The first-order valence-electron chi connectivity index (χ1n) is 33.2. The molecule has 27 heteroatoms. The normalized spacial score (nSPS) is 26.6. The van der Waals surface area contributed by atoms with E-state index in [1.165, 1.54) is 33.3 Å². The lowest BCUT2D eigenvalue weighted by Crippen LogP contribution is -3.28. The lowest BCUT2D eigenvalue weighted by Gasteiger charge is -2.48. The number of carbonyl (C=O) groups is 6. The quantitative estimate of drug-likeness (QED) is 0.0232. The van der Waals surface area contributed by atoms with E-state index in [9.17, 15) is 28.8 Å². The van der Waals surface area contributed by atoms with Gasteiger partial charge in [-0.3, -0.25) is 28.8 Å². The summed E-state index contributed by atoms with van der Waals surface area (Å²) in [5.74, 6) is -2.16. The lowest BCUT2D eigenvalue weighted by molar-refractivity contribution is -1.01. The number of unbranched alkanes of at least 4 members (excludes halogenated alkanes) is 12. The van der Waals surface area contributed by atoms with E-state index >= 15 is 0 Å². The molecule has 5 aliphatic heterocycles. The molecule has 0 aromatic heterocycles. The molecular formula is C62H110Cl2N6O15S4. The van der Waals surface area contributed by atoms with E-state index in [0.29, 0.717) is 86.4 Å². The third kappa shape index (κ3) is 33.3. The number of ether oxygens (including phenoxy) is 9. The van der Waals surface area contributed by atoms with Crippen molar-refractivity contribution in [1.82, 2.24) is 21.3 Å². The topological polar surface area (TPSA) is 242 Å². The second kappa shape index (κ2) is 49.8. The average Bonchev–Trinajstić information content (AvgIpc) is 2.36. The Bertz CT molecular complexity index is 1890. The standard InChI is InChI=1S/C62H108N6O15S4.2ClH/c1-7-13-19-25-47(69)77-53-45-43-86-41-33-65-61(84)63-31-35-67-37-39-68(40-38-67)36-32-64-62(85)66-34-42-87-44-46-54(78-48(70)26-20-14-8-2)56(80-50(72)28-22-16-10-4)58(82-52(74)30-24-18-12-6)60(76-46)83-59(75-45)57(81-51(73)29-23-17-11-5)55(53)79-49(71)27-21-15-9-3;;/h45-46,53-60H,7-44H2,1-6H3,(H2,63,65,84)(H2,64,66,85);2*1H/t45?,46?,53-,54-,55+,56?,57?,58?,59-,60-;;/m1../s1. The van der Waals surface area contributed by atoms with Crippen molar-refractivity contribution in [2.75, 3.05) is 88.5 Å². The van der Waals surface area contributed by atoms with Gasteiger partial charge < -0.3 is 98.5 Å². The summed E-state index contributed by atoms with van der Waals surface area (Å²) < 4.78 is 59.4. The summed E-state index contributed by atoms with van der Waals surface area (Å²) in [5.41, 5.74) is 0. The van der Waals surface area contributed by atoms with Crippen LogP contribution in [0.25, 0.3) is 0 Å². The number of carbonyl (C=O) groups excluding carboxylic acids is 6. The second-order valence-electron chi connectivity index (χ2n) is 23.2. The van der Waals surface area contributed by atoms with Gasteiger partial charge in [0.05, 0.1) is 26.2 Å². The number of halogens is 2. The smallest absolute Gasteiger partial charge is 0.306 e. The van der Waals surface area contributed by atoms with Crippen LogP contribution in [-0.2, 0) is 71.4 Å². The van der Waals surface area contributed by atoms with E-state index in [1.54, 1.807) is 0 Å². The summed E-state index contributed by atoms with van der Waals surface area (Å²) in [6, 6.07) is 0. The van der Waals surface area contributed by atoms with Crippen molar-refractivity contribution in [1.29, 1.82) is 0 Å². The Morgan fingerprint density at radius 2 is 0.640 bits per heavy atom. The number of fused-ring (bicyclic) bond motifs is 18. The van der Waals surface area contributed by atoms with Crippen LogP contribution in [-0.4, -0.2) is 196 Å². The molecule has 21 nitrogen and oxygen atoms in total. The van der Waals surface area contributed by atoms with Crippen LogP contribution in [0.15, 0.2) is 0 Å². The Labute approximate surface area is 563 Å². The summed E-state index contributed by atoms with van der Waals surface area (Å²) in [6.45, 7) is 20.6. The van der Waals surface area contributed by atoms with Gasteiger partial charge in [-0.15, -0.1) is 0 Å². The van der Waals surface area contributed by atoms with E-state index in [2.05, 4.69) is 21.3 Å². The number of quaternary nitrogens is 2. The van der Waals surface area contributed by atoms with Crippen LogP contribution < -0.4 is 55.9 Å². The number of esters is 6. The third-order valence-corrected chi connectivity index (χ3v) is 18.5. The zero-order valence-corrected chi connectivity index (χ0v) is 58.9. The molecule has 0 spiro atoms. The van der Waals surface area contributed by atoms with Crippen LogP contribution in [0, 0.1) is 0 Å². The monoisotopic (exact) mass is 1380 g/mol. The van der Waals surface area contributed by atoms with Crippen molar-refractivity contribution in [3.63, 3.8) is 0 Å². The van der Waals surface area contributed by atoms with Crippen LogP contribution in [0.3, 0.4) is 0 Å². The fraction of sp³-hybridized carbons (Fsp3) is 0.871. The summed E-state index contributed by atoms with van der Waals surface area (Å²) in [5, 5.41) is 14.4.